The van der Waals surface area contributed by atoms with Gasteiger partial charge in [0.25, 0.3) is 0 Å². The first kappa shape index (κ1) is 16.0. The number of hydrogen-bond donors (Lipinski definition) is 2. The number of anilines is 1. The fourth-order valence-corrected chi connectivity index (χ4v) is 3.11. The molecule has 7 heteroatoms. The van der Waals surface area contributed by atoms with Gasteiger partial charge >= 0.3 is 6.03 Å². The predicted octanol–water partition coefficient (Wildman–Crippen LogP) is 0.590. The van der Waals surface area contributed by atoms with E-state index in [2.05, 4.69) is 17.2 Å². The molecule has 2 fully saturated rings. The smallest absolute Gasteiger partial charge is 0.317 e. The molecule has 0 aliphatic carbocycles. The number of urea groups is 1. The van der Waals surface area contributed by atoms with Crippen LogP contribution >= 0.6 is 0 Å². The molecule has 3 rings (SSSR count). The van der Waals surface area contributed by atoms with Gasteiger partial charge in [0.15, 0.2) is 0 Å². The number of likely N-dealkylation sites (tertiary alicyclic amines) is 1. The zero-order chi connectivity index (χ0) is 17.3. The SMILES string of the molecule is C=CC(=O)Nc1ccccc1CC(=O)N1CC2(CNC(=O)N2C)C1. The second-order valence-electron chi connectivity index (χ2n) is 6.22. The molecular formula is C17H20N4O3. The zero-order valence-electron chi connectivity index (χ0n) is 13.5. The average Bonchev–Trinajstić information content (AvgIpc) is 2.83. The minimum Gasteiger partial charge on any atom is -0.337 e. The van der Waals surface area contributed by atoms with Crippen molar-refractivity contribution < 1.29 is 14.4 Å². The maximum absolute atomic E-state index is 12.5. The van der Waals surface area contributed by atoms with Crippen LogP contribution in [-0.2, 0) is 16.0 Å². The predicted molar refractivity (Wildman–Crippen MR) is 89.4 cm³/mol. The van der Waals surface area contributed by atoms with Crippen LogP contribution in [0.2, 0.25) is 0 Å². The number of para-hydroxylation sites is 1. The Morgan fingerprint density at radius 1 is 1.38 bits per heavy atom. The van der Waals surface area contributed by atoms with Gasteiger partial charge < -0.3 is 20.4 Å². The van der Waals surface area contributed by atoms with Crippen molar-refractivity contribution >= 4 is 23.5 Å². The Labute approximate surface area is 140 Å². The van der Waals surface area contributed by atoms with Crippen molar-refractivity contribution in [1.82, 2.24) is 15.1 Å². The fourth-order valence-electron chi connectivity index (χ4n) is 3.11. The molecule has 0 saturated carbocycles. The van der Waals surface area contributed by atoms with Crippen molar-refractivity contribution in [1.29, 1.82) is 0 Å². The lowest BCUT2D eigenvalue weighted by molar-refractivity contribution is -0.141. The Hall–Kier alpha value is -2.83. The Bertz CT molecular complexity index is 710. The highest BCUT2D eigenvalue weighted by Gasteiger charge is 2.53. The van der Waals surface area contributed by atoms with Gasteiger partial charge in [0.1, 0.15) is 0 Å². The van der Waals surface area contributed by atoms with Crippen LogP contribution in [0.3, 0.4) is 0 Å². The molecule has 1 aromatic carbocycles. The van der Waals surface area contributed by atoms with Gasteiger partial charge in [-0.05, 0) is 17.7 Å². The van der Waals surface area contributed by atoms with Crippen molar-refractivity contribution in [3.05, 3.63) is 42.5 Å². The summed E-state index contributed by atoms with van der Waals surface area (Å²) in [6.45, 7) is 5.05. The Balaban J connectivity index is 1.64. The molecule has 4 amide bonds. The molecule has 2 aliphatic heterocycles. The standard InChI is InChI=1S/C17H20N4O3/c1-3-14(22)19-13-7-5-4-6-12(13)8-15(23)21-10-17(11-21)9-18-16(24)20(17)2/h3-7H,1,8-11H2,2H3,(H,18,24)(H,19,22). The molecule has 0 unspecified atom stereocenters. The molecule has 2 saturated heterocycles. The Morgan fingerprint density at radius 3 is 2.71 bits per heavy atom. The summed E-state index contributed by atoms with van der Waals surface area (Å²) < 4.78 is 0. The van der Waals surface area contributed by atoms with E-state index in [0.29, 0.717) is 25.3 Å². The lowest BCUT2D eigenvalue weighted by atomic mass is 9.89. The quantitative estimate of drug-likeness (QED) is 0.794. The molecule has 2 aliphatic rings. The first-order valence-corrected chi connectivity index (χ1v) is 7.76. The maximum Gasteiger partial charge on any atom is 0.317 e. The van der Waals surface area contributed by atoms with Gasteiger partial charge in [-0.15, -0.1) is 0 Å². The summed E-state index contributed by atoms with van der Waals surface area (Å²) in [4.78, 5) is 39.0. The molecule has 0 radical (unpaired) electrons. The van der Waals surface area contributed by atoms with Crippen LogP contribution in [0.1, 0.15) is 5.56 Å². The normalized spacial score (nSPS) is 18.1. The summed E-state index contributed by atoms with van der Waals surface area (Å²) in [7, 11) is 1.75. The Kier molecular flexibility index (Phi) is 4.01. The van der Waals surface area contributed by atoms with Gasteiger partial charge in [-0.2, -0.15) is 0 Å². The summed E-state index contributed by atoms with van der Waals surface area (Å²) >= 11 is 0. The summed E-state index contributed by atoms with van der Waals surface area (Å²) in [5.41, 5.74) is 1.09. The van der Waals surface area contributed by atoms with E-state index in [1.165, 1.54) is 6.08 Å². The first-order valence-electron chi connectivity index (χ1n) is 7.76. The number of nitrogens with zero attached hydrogens (tertiary/aromatic N) is 2. The topological polar surface area (TPSA) is 81.8 Å². The lowest BCUT2D eigenvalue weighted by Crippen LogP contribution is -2.70. The van der Waals surface area contributed by atoms with Crippen LogP contribution in [0, 0.1) is 0 Å². The van der Waals surface area contributed by atoms with Crippen LogP contribution in [0.15, 0.2) is 36.9 Å². The van der Waals surface area contributed by atoms with E-state index in [4.69, 9.17) is 0 Å². The van der Waals surface area contributed by atoms with Crippen LogP contribution in [0.25, 0.3) is 0 Å². The van der Waals surface area contributed by atoms with Crippen molar-refractivity contribution in [2.45, 2.75) is 12.0 Å². The molecule has 0 atom stereocenters. The minimum absolute atomic E-state index is 0.0197. The number of rotatable bonds is 4. The summed E-state index contributed by atoms with van der Waals surface area (Å²) in [5, 5.41) is 5.51. The third kappa shape index (κ3) is 2.73. The molecule has 126 valence electrons. The van der Waals surface area contributed by atoms with E-state index in [-0.39, 0.29) is 29.8 Å². The number of benzene rings is 1. The summed E-state index contributed by atoms with van der Waals surface area (Å²) in [6.07, 6.45) is 1.40. The number of nitrogens with one attached hydrogen (secondary N) is 2. The van der Waals surface area contributed by atoms with Crippen LogP contribution in [0.4, 0.5) is 10.5 Å². The Morgan fingerprint density at radius 2 is 2.08 bits per heavy atom. The fraction of sp³-hybridized carbons (Fsp3) is 0.353. The van der Waals surface area contributed by atoms with E-state index in [0.717, 1.165) is 5.56 Å². The number of carbonyl (C=O) groups is 3. The average molecular weight is 328 g/mol. The van der Waals surface area contributed by atoms with Gasteiger partial charge in [0.2, 0.25) is 11.8 Å². The zero-order valence-corrected chi connectivity index (χ0v) is 13.5. The van der Waals surface area contributed by atoms with Crippen molar-refractivity contribution in [3.8, 4) is 0 Å². The summed E-state index contributed by atoms with van der Waals surface area (Å²) in [6, 6.07) is 7.11. The first-order chi connectivity index (χ1) is 11.4. The molecule has 0 aromatic heterocycles. The van der Waals surface area contributed by atoms with Crippen molar-refractivity contribution in [2.24, 2.45) is 0 Å². The monoisotopic (exact) mass is 328 g/mol. The molecule has 0 bridgehead atoms. The van der Waals surface area contributed by atoms with Crippen molar-refractivity contribution in [3.63, 3.8) is 0 Å². The van der Waals surface area contributed by atoms with E-state index in [1.807, 2.05) is 12.1 Å². The van der Waals surface area contributed by atoms with E-state index in [9.17, 15) is 14.4 Å². The van der Waals surface area contributed by atoms with E-state index < -0.39 is 0 Å². The second-order valence-corrected chi connectivity index (χ2v) is 6.22. The van der Waals surface area contributed by atoms with Gasteiger partial charge in [0.05, 0.1) is 12.0 Å². The van der Waals surface area contributed by atoms with Crippen molar-refractivity contribution in [2.75, 3.05) is 32.0 Å². The number of carbonyl (C=O) groups excluding carboxylic acids is 3. The van der Waals surface area contributed by atoms with Gasteiger partial charge in [0, 0.05) is 32.4 Å². The van der Waals surface area contributed by atoms with E-state index >= 15 is 0 Å². The van der Waals surface area contributed by atoms with Gasteiger partial charge in [-0.25, -0.2) is 4.79 Å². The second kappa shape index (κ2) is 5.99. The third-order valence-corrected chi connectivity index (χ3v) is 4.71. The number of hydrogen-bond acceptors (Lipinski definition) is 3. The van der Waals surface area contributed by atoms with E-state index in [1.54, 1.807) is 29.0 Å². The molecule has 7 nitrogen and oxygen atoms in total. The molecule has 1 spiro atoms. The highest BCUT2D eigenvalue weighted by atomic mass is 16.2. The molecule has 1 aromatic rings. The highest BCUT2D eigenvalue weighted by molar-refractivity contribution is 5.99. The summed E-state index contributed by atoms with van der Waals surface area (Å²) in [5.74, 6) is -0.330. The number of amides is 4. The van der Waals surface area contributed by atoms with Gasteiger partial charge in [-0.3, -0.25) is 9.59 Å². The van der Waals surface area contributed by atoms with Crippen LogP contribution < -0.4 is 10.6 Å². The molecule has 2 heterocycles. The van der Waals surface area contributed by atoms with Crippen LogP contribution in [0.5, 0.6) is 0 Å². The molecule has 2 N–H and O–H groups in total. The largest absolute Gasteiger partial charge is 0.337 e. The minimum atomic E-state index is -0.310. The maximum atomic E-state index is 12.5. The lowest BCUT2D eigenvalue weighted by Gasteiger charge is -2.50. The van der Waals surface area contributed by atoms with Crippen LogP contribution in [-0.4, -0.2) is 59.9 Å². The highest BCUT2D eigenvalue weighted by Crippen LogP contribution is 2.30. The number of likely N-dealkylation sites (N-methyl/N-ethyl adjacent to an activating group) is 1. The molecular weight excluding hydrogens is 308 g/mol. The third-order valence-electron chi connectivity index (χ3n) is 4.71. The molecule has 24 heavy (non-hydrogen) atoms. The van der Waals surface area contributed by atoms with Gasteiger partial charge in [-0.1, -0.05) is 24.8 Å².